The SMILES string of the molecule is CCCCCCCCCCCCCCCCCC[NH+](C)CCCCCCCCCCCCCCCCCC.Oc1ccc([B-](c2c(F)c(F)c(F)c(F)c2F)(c2c(F)c(F)c(F)c(F)c2F)c2c(F)c(F)c(F)c(F)c2F)cc1. The van der Waals surface area contributed by atoms with Gasteiger partial charge in [-0.25, -0.2) is 65.9 Å². The maximum atomic E-state index is 15.4. The van der Waals surface area contributed by atoms with E-state index in [0.717, 1.165) is 0 Å². The van der Waals surface area contributed by atoms with Crippen LogP contribution in [0, 0.1) is 87.3 Å². The predicted molar refractivity (Wildman–Crippen MR) is 287 cm³/mol. The number of aromatic hydroxyl groups is 1. The lowest BCUT2D eigenvalue weighted by Crippen LogP contribution is -3.09. The molecule has 79 heavy (non-hydrogen) atoms. The second kappa shape index (κ2) is 36.9. The lowest BCUT2D eigenvalue weighted by molar-refractivity contribution is -0.880. The van der Waals surface area contributed by atoms with Crippen molar-refractivity contribution in [3.63, 3.8) is 0 Å². The molecule has 0 aliphatic heterocycles. The maximum absolute atomic E-state index is 15.4. The smallest absolute Gasteiger partial charge is 0.200 e. The number of halogens is 15. The Kier molecular flexibility index (Phi) is 32.2. The molecule has 0 unspecified atom stereocenters. The van der Waals surface area contributed by atoms with Crippen LogP contribution in [0.15, 0.2) is 24.3 Å². The zero-order valence-electron chi connectivity index (χ0n) is 46.5. The number of quaternary nitrogens is 1. The van der Waals surface area contributed by atoms with Crippen LogP contribution in [-0.2, 0) is 0 Å². The molecule has 2 N–H and O–H groups in total. The second-order valence-corrected chi connectivity index (χ2v) is 21.5. The van der Waals surface area contributed by atoms with E-state index in [0.29, 0.717) is 12.1 Å². The summed E-state index contributed by atoms with van der Waals surface area (Å²) in [6.45, 7) is 7.42. The molecule has 0 saturated carbocycles. The summed E-state index contributed by atoms with van der Waals surface area (Å²) in [5.74, 6) is -47.1. The first-order chi connectivity index (χ1) is 37.8. The van der Waals surface area contributed by atoms with Gasteiger partial charge in [0.15, 0.2) is 52.4 Å². The van der Waals surface area contributed by atoms with E-state index in [1.165, 1.54) is 219 Å². The molecule has 4 rings (SSSR count). The van der Waals surface area contributed by atoms with Gasteiger partial charge >= 0.3 is 0 Å². The van der Waals surface area contributed by atoms with Crippen LogP contribution >= 0.6 is 0 Å². The van der Waals surface area contributed by atoms with Crippen molar-refractivity contribution in [3.05, 3.63) is 112 Å². The highest BCUT2D eigenvalue weighted by Crippen LogP contribution is 2.29. The molecular formula is C61H83BF15NO. The Labute approximate surface area is 459 Å². The lowest BCUT2D eigenvalue weighted by atomic mass is 9.12. The molecule has 4 aromatic rings. The monoisotopic (exact) mass is 1140 g/mol. The highest BCUT2D eigenvalue weighted by molar-refractivity contribution is 7.20. The summed E-state index contributed by atoms with van der Waals surface area (Å²) < 4.78 is 220. The number of hydrogen-bond acceptors (Lipinski definition) is 1. The van der Waals surface area contributed by atoms with Gasteiger partial charge in [-0.15, -0.1) is 16.4 Å². The molecular weight excluding hydrogens is 1060 g/mol. The number of phenols is 1. The third-order valence-corrected chi connectivity index (χ3v) is 15.3. The summed E-state index contributed by atoms with van der Waals surface area (Å²) in [7, 11) is 2.43. The fraction of sp³-hybridized carbons (Fsp3) is 0.607. The van der Waals surface area contributed by atoms with Crippen molar-refractivity contribution in [3.8, 4) is 5.75 Å². The van der Waals surface area contributed by atoms with E-state index >= 15 is 26.3 Å². The number of phenolic OH excluding ortho intramolecular Hbond substituents is 1. The minimum atomic E-state index is -5.84. The van der Waals surface area contributed by atoms with Crippen molar-refractivity contribution in [1.29, 1.82) is 0 Å². The van der Waals surface area contributed by atoms with Crippen molar-refractivity contribution >= 4 is 28.0 Å². The largest absolute Gasteiger partial charge is 0.508 e. The van der Waals surface area contributed by atoms with Crippen LogP contribution in [-0.4, -0.2) is 31.4 Å². The maximum Gasteiger partial charge on any atom is 0.200 e. The first-order valence-corrected chi connectivity index (χ1v) is 29.2. The summed E-state index contributed by atoms with van der Waals surface area (Å²) in [6, 6.07) is 1.11. The first kappa shape index (κ1) is 68.9. The number of hydrogen-bond donors (Lipinski definition) is 2. The van der Waals surface area contributed by atoms with E-state index in [1.807, 2.05) is 0 Å². The normalized spacial score (nSPS) is 11.8. The van der Waals surface area contributed by atoms with Crippen LogP contribution in [0.2, 0.25) is 0 Å². The Hall–Kier alpha value is -4.35. The standard InChI is InChI=1S/C37H77N.C24H5BF15O/c1-4-6-8-10-12-14-16-18-20-22-24-26-28-30-32-34-36-38(3)37-35-33-31-29-27-25-23-21-19-17-15-13-11-9-7-5-2;26-10-7(11(27)17(33)22(38)16(10)32)25(5-1-3-6(41)4-2-5,8-12(28)18(34)23(39)19(35)13(8)29)9-14(30)20(36)24(40)21(37)15(9)31/h4-37H2,1-3H3;1-4,41H/q;-1/p+1. The van der Waals surface area contributed by atoms with E-state index < -0.39 is 121 Å². The van der Waals surface area contributed by atoms with Crippen LogP contribution in [0.3, 0.4) is 0 Å². The lowest BCUT2D eigenvalue weighted by Gasteiger charge is -2.44. The van der Waals surface area contributed by atoms with Crippen molar-refractivity contribution in [2.24, 2.45) is 0 Å². The van der Waals surface area contributed by atoms with E-state index in [-0.39, 0.29) is 12.1 Å². The highest BCUT2D eigenvalue weighted by atomic mass is 19.2. The third-order valence-electron chi connectivity index (χ3n) is 15.3. The summed E-state index contributed by atoms with van der Waals surface area (Å²) in [4.78, 5) is 1.78. The molecule has 0 bridgehead atoms. The van der Waals surface area contributed by atoms with Gasteiger partial charge in [0.1, 0.15) is 46.8 Å². The van der Waals surface area contributed by atoms with Crippen molar-refractivity contribution in [1.82, 2.24) is 0 Å². The molecule has 0 saturated heterocycles. The minimum Gasteiger partial charge on any atom is -0.508 e. The molecule has 2 nitrogen and oxygen atoms in total. The Bertz CT molecular complexity index is 2130. The fourth-order valence-electron chi connectivity index (χ4n) is 10.8. The summed E-state index contributed by atoms with van der Waals surface area (Å²) in [5.41, 5.74) is -9.80. The highest BCUT2D eigenvalue weighted by Gasteiger charge is 2.49. The average molecular weight is 1140 g/mol. The summed E-state index contributed by atoms with van der Waals surface area (Å²) in [5, 5.41) is 9.59. The summed E-state index contributed by atoms with van der Waals surface area (Å²) >= 11 is 0. The Balaban J connectivity index is 0.000000417. The van der Waals surface area contributed by atoms with Crippen molar-refractivity contribution < 1.29 is 75.9 Å². The van der Waals surface area contributed by atoms with Gasteiger partial charge in [0.05, 0.1) is 20.1 Å². The van der Waals surface area contributed by atoms with Crippen LogP contribution in [0.5, 0.6) is 5.75 Å². The van der Waals surface area contributed by atoms with Gasteiger partial charge in [0.25, 0.3) is 0 Å². The Morgan fingerprint density at radius 2 is 0.456 bits per heavy atom. The van der Waals surface area contributed by atoms with Gasteiger partial charge in [-0.1, -0.05) is 206 Å². The molecule has 446 valence electrons. The number of rotatable bonds is 38. The van der Waals surface area contributed by atoms with E-state index in [2.05, 4.69) is 20.9 Å². The molecule has 0 heterocycles. The zero-order chi connectivity index (χ0) is 58.5. The van der Waals surface area contributed by atoms with E-state index in [9.17, 15) is 44.6 Å². The van der Waals surface area contributed by atoms with Gasteiger partial charge in [-0.3, -0.25) is 0 Å². The third kappa shape index (κ3) is 20.0. The first-order valence-electron chi connectivity index (χ1n) is 29.2. The molecule has 0 aromatic heterocycles. The molecule has 0 aliphatic rings. The Morgan fingerprint density at radius 1 is 0.278 bits per heavy atom. The number of benzene rings is 4. The Morgan fingerprint density at radius 3 is 0.658 bits per heavy atom. The number of unbranched alkanes of at least 4 members (excludes halogenated alkanes) is 30. The van der Waals surface area contributed by atoms with Gasteiger partial charge in [0.2, 0.25) is 0 Å². The van der Waals surface area contributed by atoms with Crippen LogP contribution < -0.4 is 26.8 Å². The van der Waals surface area contributed by atoms with Crippen molar-refractivity contribution in [2.75, 3.05) is 20.1 Å². The number of nitrogens with one attached hydrogen (secondary N) is 1. The molecule has 18 heteroatoms. The molecule has 0 spiro atoms. The molecule has 0 atom stereocenters. The van der Waals surface area contributed by atoms with E-state index in [4.69, 9.17) is 0 Å². The van der Waals surface area contributed by atoms with Crippen molar-refractivity contribution in [2.45, 2.75) is 219 Å². The quantitative estimate of drug-likeness (QED) is 0.0151. The molecule has 0 aliphatic carbocycles. The molecule has 0 amide bonds. The van der Waals surface area contributed by atoms with Gasteiger partial charge in [-0.05, 0) is 37.8 Å². The van der Waals surface area contributed by atoms with Crippen LogP contribution in [0.4, 0.5) is 65.9 Å². The summed E-state index contributed by atoms with van der Waals surface area (Å²) in [6.07, 6.45) is 41.2. The van der Waals surface area contributed by atoms with E-state index in [1.54, 1.807) is 4.90 Å². The van der Waals surface area contributed by atoms with Crippen LogP contribution in [0.1, 0.15) is 219 Å². The van der Waals surface area contributed by atoms with Gasteiger partial charge in [-0.2, -0.15) is 5.46 Å². The molecule has 0 fully saturated rings. The van der Waals surface area contributed by atoms with Crippen LogP contribution in [0.25, 0.3) is 0 Å². The molecule has 0 radical (unpaired) electrons. The van der Waals surface area contributed by atoms with Gasteiger partial charge < -0.3 is 10.0 Å². The topological polar surface area (TPSA) is 24.7 Å². The molecule has 4 aromatic carbocycles. The fourth-order valence-corrected chi connectivity index (χ4v) is 10.8. The second-order valence-electron chi connectivity index (χ2n) is 21.5. The van der Waals surface area contributed by atoms with Gasteiger partial charge in [0, 0.05) is 0 Å². The average Bonchev–Trinajstić information content (AvgIpc) is 3.61. The minimum absolute atomic E-state index is 0.184. The zero-order valence-corrected chi connectivity index (χ0v) is 46.5. The predicted octanol–water partition coefficient (Wildman–Crippen LogP) is 16.9.